The molecule has 1 saturated heterocycles. The number of unbranched alkanes of at least 4 members (excludes halogenated alkanes) is 4. The summed E-state index contributed by atoms with van der Waals surface area (Å²) in [5.74, 6) is 3.74. The van der Waals surface area contributed by atoms with Gasteiger partial charge in [0.2, 0.25) is 0 Å². The summed E-state index contributed by atoms with van der Waals surface area (Å²) in [5, 5.41) is 3.90. The van der Waals surface area contributed by atoms with Crippen LogP contribution in [0, 0.1) is 5.92 Å². The van der Waals surface area contributed by atoms with Crippen molar-refractivity contribution in [3.63, 3.8) is 0 Å². The largest absolute Gasteiger partial charge is 0.314 e. The molecule has 0 saturated carbocycles. The van der Waals surface area contributed by atoms with Crippen LogP contribution >= 0.6 is 11.8 Å². The first-order chi connectivity index (χ1) is 9.36. The zero-order valence-electron chi connectivity index (χ0n) is 13.3. The second-order valence-corrected chi connectivity index (χ2v) is 7.38. The van der Waals surface area contributed by atoms with Gasteiger partial charge in [-0.3, -0.25) is 0 Å². The lowest BCUT2D eigenvalue weighted by Gasteiger charge is -2.25. The Morgan fingerprint density at radius 1 is 0.947 bits per heavy atom. The van der Waals surface area contributed by atoms with Crippen LogP contribution in [-0.2, 0) is 0 Å². The maximum absolute atomic E-state index is 3.90. The summed E-state index contributed by atoms with van der Waals surface area (Å²) in [5.41, 5.74) is 0. The molecule has 0 unspecified atom stereocenters. The monoisotopic (exact) mass is 285 g/mol. The van der Waals surface area contributed by atoms with E-state index >= 15 is 0 Å². The van der Waals surface area contributed by atoms with E-state index in [2.05, 4.69) is 30.9 Å². The number of rotatable bonds is 11. The highest BCUT2D eigenvalue weighted by atomic mass is 32.2. The topological polar surface area (TPSA) is 12.0 Å². The van der Waals surface area contributed by atoms with Gasteiger partial charge in [0, 0.05) is 6.04 Å². The van der Waals surface area contributed by atoms with Gasteiger partial charge in [0.05, 0.1) is 0 Å². The van der Waals surface area contributed by atoms with Crippen LogP contribution in [-0.4, -0.2) is 24.1 Å². The van der Waals surface area contributed by atoms with Crippen LogP contribution in [0.4, 0.5) is 0 Å². The van der Waals surface area contributed by atoms with Gasteiger partial charge in [0.15, 0.2) is 0 Å². The second kappa shape index (κ2) is 12.1. The zero-order chi connectivity index (χ0) is 13.8. The van der Waals surface area contributed by atoms with Crippen LogP contribution in [0.5, 0.6) is 0 Å². The van der Waals surface area contributed by atoms with Crippen molar-refractivity contribution < 1.29 is 0 Å². The molecular weight excluding hydrogens is 250 g/mol. The highest BCUT2D eigenvalue weighted by Gasteiger charge is 2.15. The summed E-state index contributed by atoms with van der Waals surface area (Å²) in [6.07, 6.45) is 14.0. The van der Waals surface area contributed by atoms with Gasteiger partial charge in [-0.05, 0) is 49.7 Å². The van der Waals surface area contributed by atoms with E-state index in [-0.39, 0.29) is 0 Å². The summed E-state index contributed by atoms with van der Waals surface area (Å²) in [7, 11) is 0. The van der Waals surface area contributed by atoms with Crippen molar-refractivity contribution in [3.8, 4) is 0 Å². The molecule has 19 heavy (non-hydrogen) atoms. The molecule has 0 spiro atoms. The SMILES string of the molecule is CCCCCC(CCCCC)NCC1CCSCC1. The number of hydrogen-bond donors (Lipinski definition) is 1. The van der Waals surface area contributed by atoms with Crippen molar-refractivity contribution >= 4 is 11.8 Å². The first-order valence-corrected chi connectivity index (χ1v) is 9.83. The third-order valence-electron chi connectivity index (χ3n) is 4.35. The highest BCUT2D eigenvalue weighted by molar-refractivity contribution is 7.99. The fraction of sp³-hybridized carbons (Fsp3) is 1.00. The van der Waals surface area contributed by atoms with Crippen LogP contribution in [0.25, 0.3) is 0 Å². The lowest BCUT2D eigenvalue weighted by molar-refractivity contribution is 0.366. The average Bonchev–Trinajstić information content (AvgIpc) is 2.45. The molecule has 1 rings (SSSR count). The fourth-order valence-corrected chi connectivity index (χ4v) is 4.12. The molecular formula is C17H35NS. The van der Waals surface area contributed by atoms with Crippen molar-refractivity contribution in [1.29, 1.82) is 0 Å². The molecule has 0 aromatic rings. The van der Waals surface area contributed by atoms with Crippen molar-refractivity contribution in [2.45, 2.75) is 84.1 Å². The summed E-state index contributed by atoms with van der Waals surface area (Å²) >= 11 is 2.14. The maximum atomic E-state index is 3.90. The van der Waals surface area contributed by atoms with Crippen molar-refractivity contribution in [3.05, 3.63) is 0 Å². The Balaban J connectivity index is 2.17. The summed E-state index contributed by atoms with van der Waals surface area (Å²) in [4.78, 5) is 0. The van der Waals surface area contributed by atoms with Gasteiger partial charge < -0.3 is 5.32 Å². The minimum Gasteiger partial charge on any atom is -0.314 e. The molecule has 1 fully saturated rings. The lowest BCUT2D eigenvalue weighted by atomic mass is 9.99. The van der Waals surface area contributed by atoms with Crippen LogP contribution in [0.15, 0.2) is 0 Å². The summed E-state index contributed by atoms with van der Waals surface area (Å²) in [6.45, 7) is 5.89. The summed E-state index contributed by atoms with van der Waals surface area (Å²) < 4.78 is 0. The van der Waals surface area contributed by atoms with E-state index in [1.54, 1.807) is 0 Å². The number of hydrogen-bond acceptors (Lipinski definition) is 2. The van der Waals surface area contributed by atoms with Crippen molar-refractivity contribution in [1.82, 2.24) is 5.32 Å². The Morgan fingerprint density at radius 2 is 1.53 bits per heavy atom. The second-order valence-electron chi connectivity index (χ2n) is 6.15. The normalized spacial score (nSPS) is 17.2. The van der Waals surface area contributed by atoms with Gasteiger partial charge in [0.25, 0.3) is 0 Å². The molecule has 0 aromatic heterocycles. The van der Waals surface area contributed by atoms with E-state index in [4.69, 9.17) is 0 Å². The van der Waals surface area contributed by atoms with Gasteiger partial charge in [-0.15, -0.1) is 0 Å². The van der Waals surface area contributed by atoms with E-state index < -0.39 is 0 Å². The Morgan fingerprint density at radius 3 is 2.05 bits per heavy atom. The first-order valence-electron chi connectivity index (χ1n) is 8.68. The van der Waals surface area contributed by atoms with Crippen LogP contribution < -0.4 is 5.32 Å². The molecule has 0 radical (unpaired) electrons. The predicted molar refractivity (Wildman–Crippen MR) is 90.1 cm³/mol. The zero-order valence-corrected chi connectivity index (χ0v) is 14.1. The van der Waals surface area contributed by atoms with Crippen molar-refractivity contribution in [2.24, 2.45) is 5.92 Å². The first kappa shape index (κ1) is 17.4. The van der Waals surface area contributed by atoms with Crippen LogP contribution in [0.1, 0.15) is 78.1 Å². The van der Waals surface area contributed by atoms with Crippen LogP contribution in [0.2, 0.25) is 0 Å². The van der Waals surface area contributed by atoms with Gasteiger partial charge in [0.1, 0.15) is 0 Å². The third-order valence-corrected chi connectivity index (χ3v) is 5.40. The summed E-state index contributed by atoms with van der Waals surface area (Å²) in [6, 6.07) is 0.799. The van der Waals surface area contributed by atoms with Crippen molar-refractivity contribution in [2.75, 3.05) is 18.1 Å². The Labute approximate surface area is 125 Å². The Kier molecular flexibility index (Phi) is 11.0. The van der Waals surface area contributed by atoms with Crippen LogP contribution in [0.3, 0.4) is 0 Å². The van der Waals surface area contributed by atoms with Gasteiger partial charge in [-0.25, -0.2) is 0 Å². The molecule has 0 amide bonds. The molecule has 1 nitrogen and oxygen atoms in total. The van der Waals surface area contributed by atoms with Gasteiger partial charge >= 0.3 is 0 Å². The quantitative estimate of drug-likeness (QED) is 0.520. The van der Waals surface area contributed by atoms with E-state index in [1.807, 2.05) is 0 Å². The molecule has 0 bridgehead atoms. The molecule has 1 N–H and O–H groups in total. The maximum Gasteiger partial charge on any atom is 0.00671 e. The molecule has 0 aliphatic carbocycles. The van der Waals surface area contributed by atoms with E-state index in [0.29, 0.717) is 0 Å². The standard InChI is InChI=1S/C17H35NS/c1-3-5-7-9-17(10-8-6-4-2)18-15-16-11-13-19-14-12-16/h16-18H,3-15H2,1-2H3. The van der Waals surface area contributed by atoms with E-state index in [0.717, 1.165) is 12.0 Å². The van der Waals surface area contributed by atoms with E-state index in [9.17, 15) is 0 Å². The lowest BCUT2D eigenvalue weighted by Crippen LogP contribution is -2.34. The molecule has 1 heterocycles. The Hall–Kier alpha value is 0.310. The predicted octanol–water partition coefficient (Wildman–Crippen LogP) is 5.25. The molecule has 1 aliphatic heterocycles. The van der Waals surface area contributed by atoms with Gasteiger partial charge in [-0.2, -0.15) is 11.8 Å². The number of thioether (sulfide) groups is 1. The highest BCUT2D eigenvalue weighted by Crippen LogP contribution is 2.22. The average molecular weight is 286 g/mol. The Bertz CT molecular complexity index is 180. The smallest absolute Gasteiger partial charge is 0.00671 e. The minimum atomic E-state index is 0.799. The third kappa shape index (κ3) is 8.96. The molecule has 0 aromatic carbocycles. The molecule has 0 atom stereocenters. The molecule has 2 heteroatoms. The fourth-order valence-electron chi connectivity index (χ4n) is 2.91. The van der Waals surface area contributed by atoms with E-state index in [1.165, 1.54) is 82.3 Å². The van der Waals surface area contributed by atoms with Gasteiger partial charge in [-0.1, -0.05) is 52.4 Å². The molecule has 1 aliphatic rings. The number of nitrogens with one attached hydrogen (secondary N) is 1. The molecule has 114 valence electrons. The minimum absolute atomic E-state index is 0.799.